The molecule has 0 aliphatic heterocycles. The standard InChI is InChI=1S/C14H19NO5S/c16-13-7-6-11(14(17)18)8-12(13)15-21(19,20)9-10-4-2-1-3-5-10/h6-8,10,15-16H,1-5,9H2,(H,17,18). The lowest BCUT2D eigenvalue weighted by Gasteiger charge is -2.21. The van der Waals surface area contributed by atoms with E-state index in [1.807, 2.05) is 0 Å². The highest BCUT2D eigenvalue weighted by Crippen LogP contribution is 2.28. The smallest absolute Gasteiger partial charge is 0.335 e. The Morgan fingerprint density at radius 1 is 1.24 bits per heavy atom. The molecule has 0 atom stereocenters. The fourth-order valence-corrected chi connectivity index (χ4v) is 4.16. The van der Waals surface area contributed by atoms with Gasteiger partial charge in [0.2, 0.25) is 10.0 Å². The van der Waals surface area contributed by atoms with Gasteiger partial charge in [-0.05, 0) is 37.0 Å². The zero-order valence-corrected chi connectivity index (χ0v) is 12.4. The van der Waals surface area contributed by atoms with Gasteiger partial charge in [0.15, 0.2) is 0 Å². The number of carbonyl (C=O) groups is 1. The van der Waals surface area contributed by atoms with Crippen LogP contribution < -0.4 is 4.72 Å². The Labute approximate surface area is 123 Å². The average molecular weight is 313 g/mol. The highest BCUT2D eigenvalue weighted by atomic mass is 32.2. The third-order valence-electron chi connectivity index (χ3n) is 3.69. The second kappa shape index (κ2) is 6.34. The first-order valence-corrected chi connectivity index (χ1v) is 8.59. The number of sulfonamides is 1. The molecule has 1 saturated carbocycles. The molecule has 116 valence electrons. The largest absolute Gasteiger partial charge is 0.506 e. The molecular formula is C14H19NO5S. The molecule has 0 spiro atoms. The number of rotatable bonds is 5. The fraction of sp³-hybridized carbons (Fsp3) is 0.500. The van der Waals surface area contributed by atoms with E-state index in [9.17, 15) is 18.3 Å². The van der Waals surface area contributed by atoms with Crippen molar-refractivity contribution in [3.05, 3.63) is 23.8 Å². The Hall–Kier alpha value is -1.76. The molecule has 0 radical (unpaired) electrons. The molecule has 1 aromatic carbocycles. The van der Waals surface area contributed by atoms with Crippen molar-refractivity contribution < 1.29 is 23.4 Å². The van der Waals surface area contributed by atoms with Crippen molar-refractivity contribution in [2.45, 2.75) is 32.1 Å². The Bertz CT molecular complexity index is 620. The molecule has 21 heavy (non-hydrogen) atoms. The Balaban J connectivity index is 2.12. The van der Waals surface area contributed by atoms with Crippen molar-refractivity contribution in [2.75, 3.05) is 10.5 Å². The molecule has 0 heterocycles. The molecule has 0 saturated heterocycles. The van der Waals surface area contributed by atoms with Crippen LogP contribution in [0.5, 0.6) is 5.75 Å². The van der Waals surface area contributed by atoms with Gasteiger partial charge >= 0.3 is 5.97 Å². The van der Waals surface area contributed by atoms with Gasteiger partial charge in [-0.1, -0.05) is 19.3 Å². The van der Waals surface area contributed by atoms with Crippen LogP contribution in [0.1, 0.15) is 42.5 Å². The molecule has 6 nitrogen and oxygen atoms in total. The predicted octanol–water partition coefficient (Wildman–Crippen LogP) is 2.41. The minimum Gasteiger partial charge on any atom is -0.506 e. The summed E-state index contributed by atoms with van der Waals surface area (Å²) in [5.74, 6) is -1.33. The van der Waals surface area contributed by atoms with Crippen LogP contribution in [0.2, 0.25) is 0 Å². The number of hydrogen-bond acceptors (Lipinski definition) is 4. The van der Waals surface area contributed by atoms with Gasteiger partial charge < -0.3 is 10.2 Å². The van der Waals surface area contributed by atoms with Crippen LogP contribution in [-0.2, 0) is 10.0 Å². The van der Waals surface area contributed by atoms with E-state index < -0.39 is 16.0 Å². The zero-order valence-electron chi connectivity index (χ0n) is 11.6. The number of phenols is 1. The SMILES string of the molecule is O=C(O)c1ccc(O)c(NS(=O)(=O)CC2CCCCC2)c1. The monoisotopic (exact) mass is 313 g/mol. The van der Waals surface area contributed by atoms with Crippen LogP contribution in [0.3, 0.4) is 0 Å². The van der Waals surface area contributed by atoms with E-state index in [4.69, 9.17) is 5.11 Å². The number of carboxylic acid groups (broad SMARTS) is 1. The first kappa shape index (κ1) is 15.6. The third kappa shape index (κ3) is 4.35. The van der Waals surface area contributed by atoms with E-state index in [0.29, 0.717) is 0 Å². The van der Waals surface area contributed by atoms with Crippen molar-refractivity contribution in [1.29, 1.82) is 0 Å². The van der Waals surface area contributed by atoms with Crippen LogP contribution in [0.4, 0.5) is 5.69 Å². The summed E-state index contributed by atoms with van der Waals surface area (Å²) < 4.78 is 26.6. The molecule has 0 bridgehead atoms. The number of carboxylic acids is 1. The van der Waals surface area contributed by atoms with Gasteiger partial charge in [0.25, 0.3) is 0 Å². The molecular weight excluding hydrogens is 294 g/mol. The maximum absolute atomic E-state index is 12.1. The van der Waals surface area contributed by atoms with Crippen LogP contribution in [0, 0.1) is 5.92 Å². The summed E-state index contributed by atoms with van der Waals surface area (Å²) >= 11 is 0. The summed E-state index contributed by atoms with van der Waals surface area (Å²) in [7, 11) is -3.60. The van der Waals surface area contributed by atoms with Gasteiger partial charge in [-0.3, -0.25) is 4.72 Å². The quantitative estimate of drug-likeness (QED) is 0.724. The van der Waals surface area contributed by atoms with Crippen molar-refractivity contribution in [3.63, 3.8) is 0 Å². The van der Waals surface area contributed by atoms with Crippen molar-refractivity contribution >= 4 is 21.7 Å². The fourth-order valence-electron chi connectivity index (χ4n) is 2.62. The topological polar surface area (TPSA) is 104 Å². The highest BCUT2D eigenvalue weighted by molar-refractivity contribution is 7.92. The summed E-state index contributed by atoms with van der Waals surface area (Å²) in [6.45, 7) is 0. The van der Waals surface area contributed by atoms with E-state index in [1.165, 1.54) is 12.1 Å². The summed E-state index contributed by atoms with van der Waals surface area (Å²) in [5, 5.41) is 18.6. The van der Waals surface area contributed by atoms with Crippen LogP contribution in [0.25, 0.3) is 0 Å². The predicted molar refractivity (Wildman–Crippen MR) is 79.1 cm³/mol. The van der Waals surface area contributed by atoms with E-state index in [2.05, 4.69) is 4.72 Å². The number of aromatic carboxylic acids is 1. The molecule has 0 unspecified atom stereocenters. The second-order valence-corrected chi connectivity index (χ2v) is 7.19. The lowest BCUT2D eigenvalue weighted by molar-refractivity contribution is 0.0697. The maximum atomic E-state index is 12.1. The molecule has 0 amide bonds. The Morgan fingerprint density at radius 3 is 2.52 bits per heavy atom. The normalized spacial score (nSPS) is 16.6. The summed E-state index contributed by atoms with van der Waals surface area (Å²) in [6, 6.07) is 3.51. The van der Waals surface area contributed by atoms with Crippen LogP contribution >= 0.6 is 0 Å². The molecule has 1 aliphatic carbocycles. The third-order valence-corrected chi connectivity index (χ3v) is 5.13. The van der Waals surface area contributed by atoms with Crippen LogP contribution in [-0.4, -0.2) is 30.4 Å². The molecule has 1 aliphatic rings. The number of phenolic OH excluding ortho intramolecular Hbond substituents is 1. The zero-order chi connectivity index (χ0) is 15.5. The van der Waals surface area contributed by atoms with Gasteiger partial charge in [-0.25, -0.2) is 13.2 Å². The van der Waals surface area contributed by atoms with E-state index in [1.54, 1.807) is 0 Å². The molecule has 0 aromatic heterocycles. The highest BCUT2D eigenvalue weighted by Gasteiger charge is 2.22. The first-order valence-electron chi connectivity index (χ1n) is 6.94. The minimum absolute atomic E-state index is 0.00371. The van der Waals surface area contributed by atoms with E-state index >= 15 is 0 Å². The number of nitrogens with one attached hydrogen (secondary N) is 1. The molecule has 7 heteroatoms. The van der Waals surface area contributed by atoms with Crippen LogP contribution in [0.15, 0.2) is 18.2 Å². The number of anilines is 1. The number of benzene rings is 1. The lowest BCUT2D eigenvalue weighted by Crippen LogP contribution is -2.24. The van der Waals surface area contributed by atoms with E-state index in [-0.39, 0.29) is 28.7 Å². The molecule has 1 fully saturated rings. The van der Waals surface area contributed by atoms with Crippen molar-refractivity contribution in [2.24, 2.45) is 5.92 Å². The Kier molecular flexibility index (Phi) is 4.72. The molecule has 3 N–H and O–H groups in total. The Morgan fingerprint density at radius 2 is 1.90 bits per heavy atom. The molecule has 2 rings (SSSR count). The maximum Gasteiger partial charge on any atom is 0.335 e. The first-order chi connectivity index (χ1) is 9.87. The van der Waals surface area contributed by atoms with Crippen molar-refractivity contribution in [3.8, 4) is 5.75 Å². The number of hydrogen-bond donors (Lipinski definition) is 3. The average Bonchev–Trinajstić information content (AvgIpc) is 2.41. The van der Waals surface area contributed by atoms with Crippen molar-refractivity contribution in [1.82, 2.24) is 0 Å². The second-order valence-electron chi connectivity index (χ2n) is 5.42. The lowest BCUT2D eigenvalue weighted by atomic mass is 9.91. The van der Waals surface area contributed by atoms with Gasteiger partial charge in [0.05, 0.1) is 17.0 Å². The summed E-state index contributed by atoms with van der Waals surface area (Å²) in [4.78, 5) is 10.9. The molecule has 1 aromatic rings. The van der Waals surface area contributed by atoms with E-state index in [0.717, 1.165) is 38.2 Å². The van der Waals surface area contributed by atoms with Gasteiger partial charge in [-0.15, -0.1) is 0 Å². The van der Waals surface area contributed by atoms with Gasteiger partial charge in [0, 0.05) is 0 Å². The summed E-state index contributed by atoms with van der Waals surface area (Å²) in [5.41, 5.74) is -0.172. The van der Waals surface area contributed by atoms with Gasteiger partial charge in [0.1, 0.15) is 5.75 Å². The summed E-state index contributed by atoms with van der Waals surface area (Å²) in [6.07, 6.45) is 5.01. The minimum atomic E-state index is -3.60. The van der Waals surface area contributed by atoms with Gasteiger partial charge in [-0.2, -0.15) is 0 Å². The number of aromatic hydroxyl groups is 1.